The summed E-state index contributed by atoms with van der Waals surface area (Å²) in [6.45, 7) is 0.121. The van der Waals surface area contributed by atoms with Gasteiger partial charge in [-0.05, 0) is 39.7 Å². The second-order valence-corrected chi connectivity index (χ2v) is 4.35. The van der Waals surface area contributed by atoms with Crippen molar-refractivity contribution in [2.24, 2.45) is 0 Å². The zero-order valence-electron chi connectivity index (χ0n) is 8.74. The molecule has 0 saturated carbocycles. The van der Waals surface area contributed by atoms with E-state index in [2.05, 4.69) is 20.9 Å². The molecular formula is C12H9BrFNO2. The Morgan fingerprint density at radius 2 is 2.06 bits per heavy atom. The molecule has 2 rings (SSSR count). The molecule has 0 aliphatic carbocycles. The van der Waals surface area contributed by atoms with Crippen LogP contribution in [0.1, 0.15) is 16.1 Å². The first-order valence-corrected chi connectivity index (χ1v) is 5.70. The van der Waals surface area contributed by atoms with Gasteiger partial charge in [-0.2, -0.15) is 0 Å². The van der Waals surface area contributed by atoms with Crippen molar-refractivity contribution >= 4 is 21.9 Å². The standard InChI is InChI=1S/C12H9BrFNO2/c13-9-5-11(15-6-9)12(16)17-7-8-1-3-10(14)4-2-8/h1-6,15H,7H2. The molecule has 0 bridgehead atoms. The molecule has 0 radical (unpaired) electrons. The van der Waals surface area contributed by atoms with Crippen LogP contribution in [0.25, 0.3) is 0 Å². The Kier molecular flexibility index (Phi) is 3.58. The van der Waals surface area contributed by atoms with Crippen LogP contribution in [0.5, 0.6) is 0 Å². The van der Waals surface area contributed by atoms with Crippen molar-refractivity contribution in [3.63, 3.8) is 0 Å². The lowest BCUT2D eigenvalue weighted by atomic mass is 10.2. The Bertz CT molecular complexity index is 522. The molecular weight excluding hydrogens is 289 g/mol. The summed E-state index contributed by atoms with van der Waals surface area (Å²) in [5.74, 6) is -0.756. The Labute approximate surface area is 106 Å². The molecule has 1 heterocycles. The molecule has 0 aliphatic heterocycles. The van der Waals surface area contributed by atoms with Crippen LogP contribution in [-0.2, 0) is 11.3 Å². The van der Waals surface area contributed by atoms with E-state index < -0.39 is 5.97 Å². The van der Waals surface area contributed by atoms with E-state index >= 15 is 0 Å². The summed E-state index contributed by atoms with van der Waals surface area (Å²) in [5, 5.41) is 0. The second kappa shape index (κ2) is 5.14. The van der Waals surface area contributed by atoms with Gasteiger partial charge in [0.15, 0.2) is 0 Å². The molecule has 17 heavy (non-hydrogen) atoms. The van der Waals surface area contributed by atoms with Crippen LogP contribution in [0.4, 0.5) is 4.39 Å². The van der Waals surface area contributed by atoms with Crippen molar-refractivity contribution in [3.8, 4) is 0 Å². The number of benzene rings is 1. The molecule has 0 saturated heterocycles. The minimum absolute atomic E-state index is 0.121. The van der Waals surface area contributed by atoms with E-state index in [0.29, 0.717) is 5.69 Å². The van der Waals surface area contributed by atoms with Gasteiger partial charge in [0, 0.05) is 10.7 Å². The van der Waals surface area contributed by atoms with E-state index in [9.17, 15) is 9.18 Å². The molecule has 1 aromatic carbocycles. The normalized spacial score (nSPS) is 10.2. The molecule has 0 aliphatic rings. The van der Waals surface area contributed by atoms with Crippen LogP contribution in [0.2, 0.25) is 0 Å². The molecule has 0 unspecified atom stereocenters. The average Bonchev–Trinajstić information content (AvgIpc) is 2.75. The lowest BCUT2D eigenvalue weighted by molar-refractivity contribution is 0.0466. The number of nitrogens with one attached hydrogen (secondary N) is 1. The predicted octanol–water partition coefficient (Wildman–Crippen LogP) is 3.27. The zero-order chi connectivity index (χ0) is 12.3. The van der Waals surface area contributed by atoms with Gasteiger partial charge in [0.2, 0.25) is 0 Å². The van der Waals surface area contributed by atoms with Gasteiger partial charge in [-0.15, -0.1) is 0 Å². The van der Waals surface area contributed by atoms with Crippen LogP contribution >= 0.6 is 15.9 Å². The highest BCUT2D eigenvalue weighted by Gasteiger charge is 2.09. The van der Waals surface area contributed by atoms with Gasteiger partial charge in [-0.25, -0.2) is 9.18 Å². The molecule has 0 spiro atoms. The largest absolute Gasteiger partial charge is 0.456 e. The summed E-state index contributed by atoms with van der Waals surface area (Å²) in [7, 11) is 0. The Morgan fingerprint density at radius 3 is 2.65 bits per heavy atom. The minimum atomic E-state index is -0.444. The summed E-state index contributed by atoms with van der Waals surface area (Å²) in [4.78, 5) is 14.3. The average molecular weight is 298 g/mol. The van der Waals surface area contributed by atoms with Crippen LogP contribution in [0, 0.1) is 5.82 Å². The maximum atomic E-state index is 12.6. The number of hydrogen-bond donors (Lipinski definition) is 1. The smallest absolute Gasteiger partial charge is 0.355 e. The molecule has 0 atom stereocenters. The van der Waals surface area contributed by atoms with Gasteiger partial charge >= 0.3 is 5.97 Å². The Balaban J connectivity index is 1.94. The van der Waals surface area contributed by atoms with E-state index in [1.54, 1.807) is 24.4 Å². The lowest BCUT2D eigenvalue weighted by Crippen LogP contribution is -2.05. The highest BCUT2D eigenvalue weighted by atomic mass is 79.9. The van der Waals surface area contributed by atoms with Crippen molar-refractivity contribution in [3.05, 3.63) is 58.1 Å². The first-order valence-electron chi connectivity index (χ1n) is 4.90. The maximum Gasteiger partial charge on any atom is 0.355 e. The molecule has 0 fully saturated rings. The van der Waals surface area contributed by atoms with Crippen molar-refractivity contribution in [2.75, 3.05) is 0 Å². The van der Waals surface area contributed by atoms with E-state index in [4.69, 9.17) is 4.74 Å². The summed E-state index contributed by atoms with van der Waals surface area (Å²) < 4.78 is 18.5. The van der Waals surface area contributed by atoms with Crippen LogP contribution < -0.4 is 0 Å². The van der Waals surface area contributed by atoms with E-state index in [0.717, 1.165) is 10.0 Å². The van der Waals surface area contributed by atoms with E-state index in [1.165, 1.54) is 12.1 Å². The van der Waals surface area contributed by atoms with Crippen molar-refractivity contribution in [1.82, 2.24) is 4.98 Å². The molecule has 3 nitrogen and oxygen atoms in total. The van der Waals surface area contributed by atoms with Crippen molar-refractivity contribution in [1.29, 1.82) is 0 Å². The summed E-state index contributed by atoms with van der Waals surface area (Å²) in [6, 6.07) is 7.44. The molecule has 0 amide bonds. The second-order valence-electron chi connectivity index (χ2n) is 3.43. The van der Waals surface area contributed by atoms with E-state index in [-0.39, 0.29) is 12.4 Å². The zero-order valence-corrected chi connectivity index (χ0v) is 10.3. The SMILES string of the molecule is O=C(OCc1ccc(F)cc1)c1cc(Br)c[nH]1. The number of hydrogen-bond acceptors (Lipinski definition) is 2. The van der Waals surface area contributed by atoms with Gasteiger partial charge in [0.1, 0.15) is 18.1 Å². The highest BCUT2D eigenvalue weighted by molar-refractivity contribution is 9.10. The number of halogens is 2. The third-order valence-corrected chi connectivity index (χ3v) is 2.61. The van der Waals surface area contributed by atoms with Gasteiger partial charge in [-0.3, -0.25) is 0 Å². The van der Waals surface area contributed by atoms with Gasteiger partial charge in [0.25, 0.3) is 0 Å². The van der Waals surface area contributed by atoms with Gasteiger partial charge < -0.3 is 9.72 Å². The van der Waals surface area contributed by atoms with Gasteiger partial charge in [-0.1, -0.05) is 12.1 Å². The first-order chi connectivity index (χ1) is 8.15. The fourth-order valence-electron chi connectivity index (χ4n) is 1.29. The fourth-order valence-corrected chi connectivity index (χ4v) is 1.64. The number of carbonyl (C=O) groups is 1. The topological polar surface area (TPSA) is 42.1 Å². The first kappa shape index (κ1) is 11.9. The summed E-state index contributed by atoms with van der Waals surface area (Å²) in [6.07, 6.45) is 1.65. The molecule has 2 aromatic rings. The van der Waals surface area contributed by atoms with E-state index in [1.807, 2.05) is 0 Å². The predicted molar refractivity (Wildman–Crippen MR) is 64.0 cm³/mol. The number of ether oxygens (including phenoxy) is 1. The summed E-state index contributed by atoms with van der Waals surface area (Å²) in [5.41, 5.74) is 1.12. The molecule has 1 aromatic heterocycles. The Hall–Kier alpha value is -1.62. The highest BCUT2D eigenvalue weighted by Crippen LogP contribution is 2.12. The number of aromatic nitrogens is 1. The minimum Gasteiger partial charge on any atom is -0.456 e. The third-order valence-electron chi connectivity index (χ3n) is 2.15. The molecule has 1 N–H and O–H groups in total. The van der Waals surface area contributed by atoms with Crippen molar-refractivity contribution < 1.29 is 13.9 Å². The number of rotatable bonds is 3. The van der Waals surface area contributed by atoms with Crippen LogP contribution in [0.15, 0.2) is 41.0 Å². The van der Waals surface area contributed by atoms with Gasteiger partial charge in [0.05, 0.1) is 0 Å². The lowest BCUT2D eigenvalue weighted by Gasteiger charge is -2.03. The fraction of sp³-hybridized carbons (Fsp3) is 0.0833. The number of carbonyl (C=O) groups excluding carboxylic acids is 1. The summed E-state index contributed by atoms with van der Waals surface area (Å²) >= 11 is 3.22. The number of esters is 1. The van der Waals surface area contributed by atoms with Crippen LogP contribution in [0.3, 0.4) is 0 Å². The molecule has 88 valence electrons. The number of H-pyrrole nitrogens is 1. The quantitative estimate of drug-likeness (QED) is 0.884. The van der Waals surface area contributed by atoms with Crippen molar-refractivity contribution in [2.45, 2.75) is 6.61 Å². The monoisotopic (exact) mass is 297 g/mol. The van der Waals surface area contributed by atoms with Crippen LogP contribution in [-0.4, -0.2) is 11.0 Å². The third kappa shape index (κ3) is 3.17. The Morgan fingerprint density at radius 1 is 1.35 bits per heavy atom. The molecule has 5 heteroatoms. The number of aromatic amines is 1. The maximum absolute atomic E-state index is 12.6.